The van der Waals surface area contributed by atoms with E-state index in [1.165, 1.54) is 10.9 Å². The number of carbonyl (C=O) groups is 2. The van der Waals surface area contributed by atoms with E-state index in [1.807, 2.05) is 0 Å². The molecule has 0 fully saturated rings. The molecule has 0 unspecified atom stereocenters. The van der Waals surface area contributed by atoms with Crippen LogP contribution in [0.25, 0.3) is 0 Å². The molecule has 2 rings (SSSR count). The van der Waals surface area contributed by atoms with Gasteiger partial charge in [-0.2, -0.15) is 5.10 Å². The highest BCUT2D eigenvalue weighted by molar-refractivity contribution is 9.10. The molecule has 8 heteroatoms. The third kappa shape index (κ3) is 3.41. The van der Waals surface area contributed by atoms with Gasteiger partial charge in [0.05, 0.1) is 17.4 Å². The maximum Gasteiger partial charge on any atom is 0.258 e. The molecule has 0 aromatic carbocycles. The Morgan fingerprint density at radius 2 is 2.25 bits per heavy atom. The summed E-state index contributed by atoms with van der Waals surface area (Å²) in [5, 5.41) is 9.17. The van der Waals surface area contributed by atoms with Crippen molar-refractivity contribution in [3.05, 3.63) is 40.9 Å². The normalized spacial score (nSPS) is 10.1. The van der Waals surface area contributed by atoms with Crippen LogP contribution in [0.5, 0.6) is 0 Å². The van der Waals surface area contributed by atoms with Crippen molar-refractivity contribution >= 4 is 33.4 Å². The predicted octanol–water partition coefficient (Wildman–Crippen LogP) is 1.04. The van der Waals surface area contributed by atoms with Gasteiger partial charge < -0.3 is 10.6 Å². The molecule has 0 aliphatic rings. The van der Waals surface area contributed by atoms with E-state index in [0.29, 0.717) is 15.9 Å². The Morgan fingerprint density at radius 1 is 1.45 bits per heavy atom. The molecule has 0 aliphatic carbocycles. The number of amides is 2. The summed E-state index contributed by atoms with van der Waals surface area (Å²) >= 11 is 3.21. The van der Waals surface area contributed by atoms with Gasteiger partial charge in [-0.25, -0.2) is 4.98 Å². The van der Waals surface area contributed by atoms with Gasteiger partial charge in [0.1, 0.15) is 11.1 Å². The van der Waals surface area contributed by atoms with Gasteiger partial charge >= 0.3 is 0 Å². The molecule has 2 N–H and O–H groups in total. The molecule has 0 saturated carbocycles. The molecule has 2 aromatic rings. The summed E-state index contributed by atoms with van der Waals surface area (Å²) in [6, 6.07) is 3.33. The van der Waals surface area contributed by atoms with Crippen LogP contribution in [0.1, 0.15) is 10.4 Å². The number of carbonyl (C=O) groups excluding carboxylic acids is 2. The zero-order valence-corrected chi connectivity index (χ0v) is 12.2. The molecular formula is C12H12BrN5O2. The van der Waals surface area contributed by atoms with E-state index in [0.717, 1.165) is 0 Å². The second kappa shape index (κ2) is 6.29. The van der Waals surface area contributed by atoms with Gasteiger partial charge in [-0.05, 0) is 28.1 Å². The van der Waals surface area contributed by atoms with Gasteiger partial charge in [0.15, 0.2) is 0 Å². The molecule has 104 valence electrons. The summed E-state index contributed by atoms with van der Waals surface area (Å²) < 4.78 is 1.91. The maximum atomic E-state index is 12.0. The van der Waals surface area contributed by atoms with Crippen molar-refractivity contribution < 1.29 is 9.59 Å². The summed E-state index contributed by atoms with van der Waals surface area (Å²) in [4.78, 5) is 27.2. The van der Waals surface area contributed by atoms with E-state index in [-0.39, 0.29) is 18.4 Å². The van der Waals surface area contributed by atoms with E-state index in [4.69, 9.17) is 0 Å². The first kappa shape index (κ1) is 14.2. The summed E-state index contributed by atoms with van der Waals surface area (Å²) in [6.45, 7) is 0.100. The fraction of sp³-hybridized carbons (Fsp3) is 0.167. The van der Waals surface area contributed by atoms with Crippen LogP contribution in [0.4, 0.5) is 5.69 Å². The maximum absolute atomic E-state index is 12.0. The van der Waals surface area contributed by atoms with E-state index < -0.39 is 0 Å². The third-order valence-corrected chi connectivity index (χ3v) is 3.11. The Bertz CT molecular complexity index is 640. The highest BCUT2D eigenvalue weighted by Crippen LogP contribution is 2.15. The lowest BCUT2D eigenvalue weighted by atomic mass is 10.2. The summed E-state index contributed by atoms with van der Waals surface area (Å²) in [5.74, 6) is -0.467. The van der Waals surface area contributed by atoms with Crippen LogP contribution in [-0.2, 0) is 11.3 Å². The Hall–Kier alpha value is -2.22. The minimum absolute atomic E-state index is 0.100. The van der Waals surface area contributed by atoms with E-state index in [9.17, 15) is 9.59 Å². The van der Waals surface area contributed by atoms with Crippen molar-refractivity contribution in [3.8, 4) is 0 Å². The SMILES string of the molecule is CNC(=O)Cn1cc(NC(=O)c2cccnc2Br)cn1. The smallest absolute Gasteiger partial charge is 0.258 e. The van der Waals surface area contributed by atoms with Crippen LogP contribution in [0.15, 0.2) is 35.3 Å². The summed E-state index contributed by atoms with van der Waals surface area (Å²) in [6.07, 6.45) is 4.64. The zero-order valence-electron chi connectivity index (χ0n) is 10.6. The number of hydrogen-bond donors (Lipinski definition) is 2. The molecule has 2 amide bonds. The first-order chi connectivity index (χ1) is 9.60. The Balaban J connectivity index is 2.05. The van der Waals surface area contributed by atoms with Crippen LogP contribution < -0.4 is 10.6 Å². The molecule has 0 atom stereocenters. The fourth-order valence-corrected chi connectivity index (χ4v) is 1.93. The van der Waals surface area contributed by atoms with Gasteiger partial charge in [0.25, 0.3) is 5.91 Å². The number of hydrogen-bond acceptors (Lipinski definition) is 4. The van der Waals surface area contributed by atoms with Crippen LogP contribution >= 0.6 is 15.9 Å². The molecule has 7 nitrogen and oxygen atoms in total. The second-order valence-electron chi connectivity index (χ2n) is 3.90. The zero-order chi connectivity index (χ0) is 14.5. The van der Waals surface area contributed by atoms with Crippen molar-refractivity contribution in [3.63, 3.8) is 0 Å². The highest BCUT2D eigenvalue weighted by Gasteiger charge is 2.11. The number of anilines is 1. The molecule has 0 bridgehead atoms. The lowest BCUT2D eigenvalue weighted by Crippen LogP contribution is -2.23. The van der Waals surface area contributed by atoms with Gasteiger partial charge in [0.2, 0.25) is 5.91 Å². The van der Waals surface area contributed by atoms with Crippen LogP contribution in [0.3, 0.4) is 0 Å². The topological polar surface area (TPSA) is 88.9 Å². The van der Waals surface area contributed by atoms with Gasteiger partial charge in [-0.1, -0.05) is 0 Å². The number of nitrogens with zero attached hydrogens (tertiary/aromatic N) is 3. The Kier molecular flexibility index (Phi) is 4.46. The Morgan fingerprint density at radius 3 is 2.95 bits per heavy atom. The second-order valence-corrected chi connectivity index (χ2v) is 4.65. The average molecular weight is 338 g/mol. The van der Waals surface area contributed by atoms with E-state index in [2.05, 4.69) is 36.6 Å². The van der Waals surface area contributed by atoms with Gasteiger partial charge in [-0.15, -0.1) is 0 Å². The molecule has 2 aromatic heterocycles. The van der Waals surface area contributed by atoms with Crippen molar-refractivity contribution in [2.75, 3.05) is 12.4 Å². The number of pyridine rings is 1. The van der Waals surface area contributed by atoms with E-state index >= 15 is 0 Å². The molecular weight excluding hydrogens is 326 g/mol. The number of rotatable bonds is 4. The predicted molar refractivity (Wildman–Crippen MR) is 76.2 cm³/mol. The highest BCUT2D eigenvalue weighted by atomic mass is 79.9. The molecule has 0 aliphatic heterocycles. The first-order valence-electron chi connectivity index (χ1n) is 5.75. The standard InChI is InChI=1S/C12H12BrN5O2/c1-14-10(19)7-18-6-8(5-16-18)17-12(20)9-3-2-4-15-11(9)13/h2-6H,7H2,1H3,(H,14,19)(H,17,20). The minimum Gasteiger partial charge on any atom is -0.358 e. The number of aromatic nitrogens is 3. The number of nitrogens with one attached hydrogen (secondary N) is 2. The summed E-state index contributed by atoms with van der Waals surface area (Å²) in [7, 11) is 1.55. The largest absolute Gasteiger partial charge is 0.358 e. The average Bonchev–Trinajstić information content (AvgIpc) is 2.86. The van der Waals surface area contributed by atoms with Gasteiger partial charge in [0, 0.05) is 19.4 Å². The van der Waals surface area contributed by atoms with Crippen LogP contribution in [-0.4, -0.2) is 33.6 Å². The quantitative estimate of drug-likeness (QED) is 0.816. The molecule has 0 radical (unpaired) electrons. The molecule has 20 heavy (non-hydrogen) atoms. The van der Waals surface area contributed by atoms with E-state index in [1.54, 1.807) is 31.6 Å². The van der Waals surface area contributed by atoms with Crippen molar-refractivity contribution in [2.45, 2.75) is 6.54 Å². The molecule has 2 heterocycles. The van der Waals surface area contributed by atoms with Crippen molar-refractivity contribution in [2.24, 2.45) is 0 Å². The lowest BCUT2D eigenvalue weighted by molar-refractivity contribution is -0.121. The fourth-order valence-electron chi connectivity index (χ4n) is 1.49. The molecule has 0 spiro atoms. The minimum atomic E-state index is -0.301. The lowest BCUT2D eigenvalue weighted by Gasteiger charge is -2.03. The number of halogens is 1. The van der Waals surface area contributed by atoms with Crippen molar-refractivity contribution in [1.82, 2.24) is 20.1 Å². The monoisotopic (exact) mass is 337 g/mol. The number of likely N-dealkylation sites (N-methyl/N-ethyl adjacent to an activating group) is 1. The molecule has 0 saturated heterocycles. The summed E-state index contributed by atoms with van der Waals surface area (Å²) in [5.41, 5.74) is 0.932. The van der Waals surface area contributed by atoms with Gasteiger partial charge in [-0.3, -0.25) is 14.3 Å². The first-order valence-corrected chi connectivity index (χ1v) is 6.54. The Labute approximate surface area is 123 Å². The van der Waals surface area contributed by atoms with Crippen molar-refractivity contribution in [1.29, 1.82) is 0 Å². The van der Waals surface area contributed by atoms with Crippen LogP contribution in [0, 0.1) is 0 Å². The van der Waals surface area contributed by atoms with Crippen LogP contribution in [0.2, 0.25) is 0 Å². The third-order valence-electron chi connectivity index (χ3n) is 2.48.